The highest BCUT2D eigenvalue weighted by Gasteiger charge is 1.93. The molecule has 0 bridgehead atoms. The quantitative estimate of drug-likeness (QED) is 0.578. The number of fused-ring (bicyclic) bond motifs is 1. The van der Waals surface area contributed by atoms with Gasteiger partial charge in [-0.15, -0.1) is 10.2 Å². The summed E-state index contributed by atoms with van der Waals surface area (Å²) in [7, 11) is 0. The lowest BCUT2D eigenvalue weighted by Crippen LogP contribution is -1.76. The smallest absolute Gasteiger partial charge is 0.233 e. The molecule has 2 aromatic heterocycles. The first-order chi connectivity index (χ1) is 4.36. The van der Waals surface area contributed by atoms with E-state index in [1.807, 2.05) is 0 Å². The van der Waals surface area contributed by atoms with Crippen molar-refractivity contribution in [3.63, 3.8) is 0 Å². The van der Waals surface area contributed by atoms with Crippen LogP contribution in [-0.2, 0) is 0 Å². The largest absolute Gasteiger partial charge is 0.272 e. The molecule has 1 N–H and O–H groups in total. The van der Waals surface area contributed by atoms with E-state index < -0.39 is 0 Å². The summed E-state index contributed by atoms with van der Waals surface area (Å²) in [6.45, 7) is 0. The third-order valence-corrected chi connectivity index (χ3v) is 1.99. The third-order valence-electron chi connectivity index (χ3n) is 0.912. The lowest BCUT2D eigenvalue weighted by Gasteiger charge is -1.70. The van der Waals surface area contributed by atoms with E-state index in [9.17, 15) is 0 Å². The van der Waals surface area contributed by atoms with Crippen LogP contribution in [0.1, 0.15) is 0 Å². The van der Waals surface area contributed by atoms with E-state index in [4.69, 9.17) is 12.2 Å². The Morgan fingerprint density at radius 3 is 3.44 bits per heavy atom. The van der Waals surface area contributed by atoms with Crippen molar-refractivity contribution in [2.75, 3.05) is 0 Å². The zero-order chi connectivity index (χ0) is 6.27. The molecule has 0 unspecified atom stereocenters. The Bertz CT molecular complexity index is 336. The molecule has 0 aromatic carbocycles. The molecule has 2 rings (SSSR count). The predicted octanol–water partition coefficient (Wildman–Crippen LogP) is 0.848. The average Bonchev–Trinajstić information content (AvgIpc) is 2.22. The second kappa shape index (κ2) is 1.61. The minimum Gasteiger partial charge on any atom is -0.272 e. The molecule has 4 nitrogen and oxygen atoms in total. The Balaban J connectivity index is 3.08. The SMILES string of the molecule is S=c1[nH]n2cnnc2s1. The molecule has 0 aliphatic carbocycles. The summed E-state index contributed by atoms with van der Waals surface area (Å²) in [5.41, 5.74) is 0. The molecule has 0 atom stereocenters. The molecular formula is C3H2N4S2. The van der Waals surface area contributed by atoms with Crippen LogP contribution < -0.4 is 0 Å². The summed E-state index contributed by atoms with van der Waals surface area (Å²) in [6.07, 6.45) is 1.58. The van der Waals surface area contributed by atoms with Crippen LogP contribution in [0.4, 0.5) is 0 Å². The van der Waals surface area contributed by atoms with Crippen LogP contribution in [0.25, 0.3) is 4.96 Å². The Labute approximate surface area is 59.1 Å². The second-order valence-corrected chi connectivity index (χ2v) is 3.13. The second-order valence-electron chi connectivity index (χ2n) is 1.48. The molecule has 0 saturated heterocycles. The molecule has 46 valence electrons. The summed E-state index contributed by atoms with van der Waals surface area (Å²) in [4.78, 5) is 0.806. The number of hydrogen-bond donors (Lipinski definition) is 1. The van der Waals surface area contributed by atoms with E-state index in [-0.39, 0.29) is 0 Å². The number of H-pyrrole nitrogens is 1. The monoisotopic (exact) mass is 158 g/mol. The zero-order valence-electron chi connectivity index (χ0n) is 4.24. The minimum absolute atomic E-state index is 0.722. The Kier molecular flexibility index (Phi) is 0.908. The summed E-state index contributed by atoms with van der Waals surface area (Å²) < 4.78 is 2.41. The minimum atomic E-state index is 0.722. The first-order valence-electron chi connectivity index (χ1n) is 2.25. The molecule has 2 heterocycles. The van der Waals surface area contributed by atoms with E-state index >= 15 is 0 Å². The van der Waals surface area contributed by atoms with Crippen LogP contribution in [0.3, 0.4) is 0 Å². The van der Waals surface area contributed by atoms with E-state index in [2.05, 4.69) is 15.3 Å². The highest BCUT2D eigenvalue weighted by Crippen LogP contribution is 2.04. The maximum Gasteiger partial charge on any atom is 0.233 e. The van der Waals surface area contributed by atoms with Crippen LogP contribution in [0, 0.1) is 3.95 Å². The van der Waals surface area contributed by atoms with Crippen LogP contribution in [0.2, 0.25) is 0 Å². The van der Waals surface area contributed by atoms with Gasteiger partial charge in [0.1, 0.15) is 6.33 Å². The molecule has 0 fully saturated rings. The van der Waals surface area contributed by atoms with E-state index in [1.165, 1.54) is 11.3 Å². The fourth-order valence-corrected chi connectivity index (χ4v) is 1.49. The van der Waals surface area contributed by atoms with Crippen molar-refractivity contribution < 1.29 is 0 Å². The van der Waals surface area contributed by atoms with Gasteiger partial charge in [0, 0.05) is 0 Å². The maximum absolute atomic E-state index is 4.84. The summed E-state index contributed by atoms with van der Waals surface area (Å²) >= 11 is 6.25. The molecule has 0 radical (unpaired) electrons. The number of rotatable bonds is 0. The van der Waals surface area contributed by atoms with Crippen LogP contribution >= 0.6 is 23.6 Å². The molecular weight excluding hydrogens is 156 g/mol. The highest BCUT2D eigenvalue weighted by molar-refractivity contribution is 7.73. The first-order valence-corrected chi connectivity index (χ1v) is 3.47. The molecule has 0 aliphatic heterocycles. The van der Waals surface area contributed by atoms with E-state index in [1.54, 1.807) is 10.8 Å². The lowest BCUT2D eigenvalue weighted by atomic mass is 11.3. The van der Waals surface area contributed by atoms with Gasteiger partial charge >= 0.3 is 0 Å². The number of nitrogens with one attached hydrogen (secondary N) is 1. The van der Waals surface area contributed by atoms with Gasteiger partial charge < -0.3 is 0 Å². The number of hydrogen-bond acceptors (Lipinski definition) is 4. The normalized spacial score (nSPS) is 10.7. The first kappa shape index (κ1) is 5.07. The Morgan fingerprint density at radius 1 is 1.78 bits per heavy atom. The van der Waals surface area contributed by atoms with Crippen molar-refractivity contribution in [3.05, 3.63) is 10.3 Å². The van der Waals surface area contributed by atoms with Crippen molar-refractivity contribution in [2.24, 2.45) is 0 Å². The van der Waals surface area contributed by atoms with Gasteiger partial charge in [-0.05, 0) is 12.2 Å². The van der Waals surface area contributed by atoms with Crippen LogP contribution in [0.15, 0.2) is 6.33 Å². The summed E-state index contributed by atoms with van der Waals surface area (Å²) in [5.74, 6) is 0. The van der Waals surface area contributed by atoms with Gasteiger partial charge in [0.05, 0.1) is 0 Å². The summed E-state index contributed by atoms with van der Waals surface area (Å²) in [6, 6.07) is 0. The van der Waals surface area contributed by atoms with Crippen molar-refractivity contribution >= 4 is 28.5 Å². The lowest BCUT2D eigenvalue weighted by molar-refractivity contribution is 0.948. The standard InChI is InChI=1S/C3H2N4S2/c8-3-6-7-1-4-5-2(7)9-3/h1H,(H,6,8). The fraction of sp³-hybridized carbons (Fsp3) is 0. The Morgan fingerprint density at radius 2 is 2.67 bits per heavy atom. The zero-order valence-corrected chi connectivity index (χ0v) is 5.87. The van der Waals surface area contributed by atoms with Gasteiger partial charge in [0.2, 0.25) is 4.96 Å². The van der Waals surface area contributed by atoms with Gasteiger partial charge in [-0.25, -0.2) is 4.52 Å². The van der Waals surface area contributed by atoms with Crippen molar-refractivity contribution in [1.82, 2.24) is 19.8 Å². The van der Waals surface area contributed by atoms with E-state index in [0.717, 1.165) is 8.92 Å². The molecule has 0 aliphatic rings. The van der Waals surface area contributed by atoms with Crippen molar-refractivity contribution in [1.29, 1.82) is 0 Å². The summed E-state index contributed by atoms with van der Waals surface area (Å²) in [5, 5.41) is 10.3. The molecule has 9 heavy (non-hydrogen) atoms. The van der Waals surface area contributed by atoms with Gasteiger partial charge in [0.15, 0.2) is 3.95 Å². The highest BCUT2D eigenvalue weighted by atomic mass is 32.1. The van der Waals surface area contributed by atoms with Crippen molar-refractivity contribution in [2.45, 2.75) is 0 Å². The van der Waals surface area contributed by atoms with Gasteiger partial charge in [-0.3, -0.25) is 5.10 Å². The number of nitrogens with zero attached hydrogens (tertiary/aromatic N) is 3. The van der Waals surface area contributed by atoms with Crippen molar-refractivity contribution in [3.8, 4) is 0 Å². The topological polar surface area (TPSA) is 46.0 Å². The number of aromatic amines is 1. The fourth-order valence-electron chi connectivity index (χ4n) is 0.575. The molecule has 0 amide bonds. The molecule has 0 spiro atoms. The number of aromatic nitrogens is 4. The maximum atomic E-state index is 4.84. The van der Waals surface area contributed by atoms with Crippen LogP contribution in [0.5, 0.6) is 0 Å². The van der Waals surface area contributed by atoms with E-state index in [0.29, 0.717) is 0 Å². The van der Waals surface area contributed by atoms with Crippen LogP contribution in [-0.4, -0.2) is 19.8 Å². The molecule has 6 heteroatoms. The average molecular weight is 158 g/mol. The van der Waals surface area contributed by atoms with Gasteiger partial charge in [-0.2, -0.15) is 0 Å². The Hall–Kier alpha value is -0.750. The van der Waals surface area contributed by atoms with Gasteiger partial charge in [-0.1, -0.05) is 11.3 Å². The predicted molar refractivity (Wildman–Crippen MR) is 36.0 cm³/mol. The van der Waals surface area contributed by atoms with Gasteiger partial charge in [0.25, 0.3) is 0 Å². The third kappa shape index (κ3) is 0.672. The molecule has 2 aromatic rings. The molecule has 0 saturated carbocycles.